The second-order valence-corrected chi connectivity index (χ2v) is 6.65. The van der Waals surface area contributed by atoms with Gasteiger partial charge in [-0.15, -0.1) is 11.6 Å². The van der Waals surface area contributed by atoms with Crippen molar-refractivity contribution in [3.05, 3.63) is 0 Å². The van der Waals surface area contributed by atoms with Crippen LogP contribution in [0.3, 0.4) is 0 Å². The van der Waals surface area contributed by atoms with E-state index < -0.39 is 0 Å². The third-order valence-corrected chi connectivity index (χ3v) is 5.72. The minimum absolute atomic E-state index is 0.149. The van der Waals surface area contributed by atoms with E-state index in [9.17, 15) is 0 Å². The summed E-state index contributed by atoms with van der Waals surface area (Å²) in [6.45, 7) is 2.10. The molecule has 0 aromatic rings. The van der Waals surface area contributed by atoms with Crippen LogP contribution in [0.4, 0.5) is 0 Å². The Labute approximate surface area is 107 Å². The first kappa shape index (κ1) is 12.5. The molecule has 1 N–H and O–H groups in total. The number of alkyl halides is 1. The maximum absolute atomic E-state index is 9.17. The number of nitrogens with one attached hydrogen (secondary N) is 1. The molecule has 2 rings (SSSR count). The molecule has 0 spiro atoms. The zero-order chi connectivity index (χ0) is 11.5. The average molecular weight is 259 g/mol. The summed E-state index contributed by atoms with van der Waals surface area (Å²) in [7, 11) is 0. The van der Waals surface area contributed by atoms with Gasteiger partial charge >= 0.3 is 0 Å². The zero-order valence-electron chi connectivity index (χ0n) is 9.66. The van der Waals surface area contributed by atoms with E-state index >= 15 is 0 Å². The fraction of sp³-hybridized carbons (Fsp3) is 0.917. The minimum Gasteiger partial charge on any atom is -0.260 e. The molecule has 0 aromatic carbocycles. The van der Waals surface area contributed by atoms with Crippen molar-refractivity contribution in [1.82, 2.24) is 4.72 Å². The van der Waals surface area contributed by atoms with Crippen molar-refractivity contribution >= 4 is 23.5 Å². The summed E-state index contributed by atoms with van der Waals surface area (Å²) < 4.78 is 3.33. The molecule has 90 valence electrons. The standard InChI is InChI=1S/C12H19ClN2S/c1-8-10(7-14)12(16-15-8)6-9-4-2-3-5-11(9)13/h8-12,15H,2-6H2,1H3. The number of halogens is 1. The summed E-state index contributed by atoms with van der Waals surface area (Å²) in [4.78, 5) is 0. The first-order valence-corrected chi connectivity index (χ1v) is 7.49. The summed E-state index contributed by atoms with van der Waals surface area (Å²) in [5, 5.41) is 9.94. The molecular formula is C12H19ClN2S. The normalized spacial score (nSPS) is 44.2. The summed E-state index contributed by atoms with van der Waals surface area (Å²) in [6.07, 6.45) is 6.10. The first-order valence-electron chi connectivity index (χ1n) is 6.17. The molecule has 2 fully saturated rings. The highest BCUT2D eigenvalue weighted by Crippen LogP contribution is 2.39. The van der Waals surface area contributed by atoms with E-state index in [1.165, 1.54) is 19.3 Å². The van der Waals surface area contributed by atoms with Gasteiger partial charge < -0.3 is 0 Å². The van der Waals surface area contributed by atoms with E-state index in [1.54, 1.807) is 11.9 Å². The molecule has 1 aliphatic carbocycles. The van der Waals surface area contributed by atoms with E-state index in [1.807, 2.05) is 0 Å². The first-order chi connectivity index (χ1) is 7.72. The predicted molar refractivity (Wildman–Crippen MR) is 69.3 cm³/mol. The molecule has 1 heterocycles. The molecule has 0 aromatic heterocycles. The van der Waals surface area contributed by atoms with Crippen molar-refractivity contribution in [2.75, 3.05) is 0 Å². The number of hydrogen-bond acceptors (Lipinski definition) is 3. The third-order valence-electron chi connectivity index (χ3n) is 3.84. The van der Waals surface area contributed by atoms with Gasteiger partial charge in [-0.05, 0) is 32.1 Å². The Hall–Kier alpha value is 0.0900. The molecular weight excluding hydrogens is 240 g/mol. The van der Waals surface area contributed by atoms with Gasteiger partial charge in [0.25, 0.3) is 0 Å². The SMILES string of the molecule is CC1NSC(CC2CCCCC2Cl)C1C#N. The molecule has 2 nitrogen and oxygen atoms in total. The van der Waals surface area contributed by atoms with Gasteiger partial charge in [-0.1, -0.05) is 24.8 Å². The van der Waals surface area contributed by atoms with Crippen LogP contribution >= 0.6 is 23.5 Å². The van der Waals surface area contributed by atoms with E-state index in [2.05, 4.69) is 17.7 Å². The van der Waals surface area contributed by atoms with Gasteiger partial charge in [-0.2, -0.15) is 5.26 Å². The highest BCUT2D eigenvalue weighted by atomic mass is 35.5. The second-order valence-electron chi connectivity index (χ2n) is 5.01. The predicted octanol–water partition coefficient (Wildman–Crippen LogP) is 3.32. The minimum atomic E-state index is 0.149. The molecule has 0 radical (unpaired) electrons. The number of hydrogen-bond donors (Lipinski definition) is 1. The van der Waals surface area contributed by atoms with Gasteiger partial charge in [0, 0.05) is 16.7 Å². The van der Waals surface area contributed by atoms with Gasteiger partial charge in [-0.3, -0.25) is 4.72 Å². The fourth-order valence-corrected chi connectivity index (χ4v) is 4.49. The maximum Gasteiger partial charge on any atom is 0.0754 e. The zero-order valence-corrected chi connectivity index (χ0v) is 11.2. The molecule has 0 amide bonds. The Kier molecular flexibility index (Phi) is 4.41. The van der Waals surface area contributed by atoms with E-state index in [-0.39, 0.29) is 5.92 Å². The Bertz CT molecular complexity index is 279. The number of rotatable bonds is 2. The van der Waals surface area contributed by atoms with Crippen LogP contribution in [-0.4, -0.2) is 16.7 Å². The lowest BCUT2D eigenvalue weighted by molar-refractivity contribution is 0.329. The number of nitrogens with zero attached hydrogens (tertiary/aromatic N) is 1. The third kappa shape index (κ3) is 2.67. The van der Waals surface area contributed by atoms with Gasteiger partial charge in [0.1, 0.15) is 0 Å². The Morgan fingerprint density at radius 2 is 2.19 bits per heavy atom. The van der Waals surface area contributed by atoms with Gasteiger partial charge in [0.15, 0.2) is 0 Å². The maximum atomic E-state index is 9.17. The van der Waals surface area contributed by atoms with Gasteiger partial charge in [0.05, 0.1) is 12.0 Å². The molecule has 1 saturated carbocycles. The van der Waals surface area contributed by atoms with Gasteiger partial charge in [-0.25, -0.2) is 0 Å². The van der Waals surface area contributed by atoms with Crippen LogP contribution < -0.4 is 4.72 Å². The Morgan fingerprint density at radius 3 is 2.88 bits per heavy atom. The summed E-state index contributed by atoms with van der Waals surface area (Å²) in [6, 6.07) is 2.76. The molecule has 5 unspecified atom stereocenters. The molecule has 2 aliphatic rings. The molecule has 1 aliphatic heterocycles. The smallest absolute Gasteiger partial charge is 0.0754 e. The van der Waals surface area contributed by atoms with Crippen molar-refractivity contribution in [3.63, 3.8) is 0 Å². The quantitative estimate of drug-likeness (QED) is 0.610. The topological polar surface area (TPSA) is 35.8 Å². The average Bonchev–Trinajstić information content (AvgIpc) is 2.63. The van der Waals surface area contributed by atoms with E-state index in [4.69, 9.17) is 16.9 Å². The van der Waals surface area contributed by atoms with Crippen molar-refractivity contribution in [2.45, 2.75) is 55.7 Å². The molecule has 4 heteroatoms. The van der Waals surface area contributed by atoms with Crippen LogP contribution in [-0.2, 0) is 0 Å². The van der Waals surface area contributed by atoms with Crippen molar-refractivity contribution in [2.24, 2.45) is 11.8 Å². The fourth-order valence-electron chi connectivity index (χ4n) is 2.78. The lowest BCUT2D eigenvalue weighted by Crippen LogP contribution is -2.28. The van der Waals surface area contributed by atoms with Crippen molar-refractivity contribution in [1.29, 1.82) is 5.26 Å². The van der Waals surface area contributed by atoms with E-state index in [0.717, 1.165) is 12.8 Å². The lowest BCUT2D eigenvalue weighted by atomic mass is 9.82. The highest BCUT2D eigenvalue weighted by Gasteiger charge is 2.37. The largest absolute Gasteiger partial charge is 0.260 e. The number of nitriles is 1. The molecule has 16 heavy (non-hydrogen) atoms. The van der Waals surface area contributed by atoms with Crippen LogP contribution in [0.2, 0.25) is 0 Å². The van der Waals surface area contributed by atoms with Crippen LogP contribution in [0.15, 0.2) is 0 Å². The molecule has 5 atom stereocenters. The van der Waals surface area contributed by atoms with E-state index in [0.29, 0.717) is 22.6 Å². The lowest BCUT2D eigenvalue weighted by Gasteiger charge is -2.29. The second kappa shape index (κ2) is 5.62. The summed E-state index contributed by atoms with van der Waals surface area (Å²) >= 11 is 8.12. The molecule has 1 saturated heterocycles. The van der Waals surface area contributed by atoms with Crippen molar-refractivity contribution in [3.8, 4) is 6.07 Å². The van der Waals surface area contributed by atoms with Crippen LogP contribution in [0.25, 0.3) is 0 Å². The van der Waals surface area contributed by atoms with Crippen molar-refractivity contribution < 1.29 is 0 Å². The van der Waals surface area contributed by atoms with Crippen LogP contribution in [0.1, 0.15) is 39.0 Å². The molecule has 0 bridgehead atoms. The van der Waals surface area contributed by atoms with Crippen LogP contribution in [0.5, 0.6) is 0 Å². The monoisotopic (exact) mass is 258 g/mol. The highest BCUT2D eigenvalue weighted by molar-refractivity contribution is 7.98. The summed E-state index contributed by atoms with van der Waals surface area (Å²) in [5.41, 5.74) is 0. The summed E-state index contributed by atoms with van der Waals surface area (Å²) in [5.74, 6) is 0.770. The van der Waals surface area contributed by atoms with Crippen LogP contribution in [0, 0.1) is 23.2 Å². The van der Waals surface area contributed by atoms with Gasteiger partial charge in [0.2, 0.25) is 0 Å². The Balaban J connectivity index is 1.91. The Morgan fingerprint density at radius 1 is 1.44 bits per heavy atom.